The van der Waals surface area contributed by atoms with Crippen LogP contribution in [0.4, 0.5) is 11.4 Å². The number of hydrogen-bond donors (Lipinski definition) is 1. The Morgan fingerprint density at radius 3 is 2.43 bits per heavy atom. The minimum absolute atomic E-state index is 0.0860. The number of nitrogens with one attached hydrogen (secondary N) is 1. The number of methoxy groups -OCH3 is 1. The predicted molar refractivity (Wildman–Crippen MR) is 152 cm³/mol. The lowest BCUT2D eigenvalue weighted by molar-refractivity contribution is -0.384. The molecular weight excluding hydrogens is 701 g/mol. The second-order valence-corrected chi connectivity index (χ2v) is 12.0. The van der Waals surface area contributed by atoms with E-state index in [4.69, 9.17) is 8.92 Å². The molecule has 190 valence electrons. The third-order valence-corrected chi connectivity index (χ3v) is 8.24. The van der Waals surface area contributed by atoms with Gasteiger partial charge in [-0.1, -0.05) is 0 Å². The molecule has 1 saturated heterocycles. The molecule has 14 heteroatoms. The van der Waals surface area contributed by atoms with Crippen LogP contribution in [-0.2, 0) is 14.9 Å². The lowest BCUT2D eigenvalue weighted by Gasteiger charge is -2.13. The summed E-state index contributed by atoms with van der Waals surface area (Å²) in [5.74, 6) is -0.360. The molecule has 1 N–H and O–H groups in total. The molecule has 3 aromatic carbocycles. The van der Waals surface area contributed by atoms with Gasteiger partial charge >= 0.3 is 10.1 Å². The minimum Gasteiger partial charge on any atom is -0.493 e. The van der Waals surface area contributed by atoms with Gasteiger partial charge < -0.3 is 14.2 Å². The van der Waals surface area contributed by atoms with E-state index < -0.39 is 15.0 Å². The average molecular weight is 716 g/mol. The number of carbonyl (C=O) groups excluding carboxylic acids is 1. The van der Waals surface area contributed by atoms with Gasteiger partial charge in [0.15, 0.2) is 16.7 Å². The summed E-state index contributed by atoms with van der Waals surface area (Å²) in [7, 11) is -2.99. The maximum atomic E-state index is 12.8. The van der Waals surface area contributed by atoms with Crippen molar-refractivity contribution in [1.82, 2.24) is 5.32 Å². The largest absolute Gasteiger partial charge is 0.493 e. The SMILES string of the molecule is COc1cc(/C=C2/SC(=Nc3ccc(I)cc3)NC2=O)cc(Br)c1OS(=O)(=O)c1ccc([N+](=O)[O-])cc1. The zero-order valence-electron chi connectivity index (χ0n) is 18.7. The van der Waals surface area contributed by atoms with E-state index in [1.165, 1.54) is 13.2 Å². The number of amidine groups is 1. The summed E-state index contributed by atoms with van der Waals surface area (Å²) in [4.78, 5) is 27.2. The zero-order valence-corrected chi connectivity index (χ0v) is 24.1. The van der Waals surface area contributed by atoms with Crippen molar-refractivity contribution in [2.24, 2.45) is 4.99 Å². The molecule has 37 heavy (non-hydrogen) atoms. The van der Waals surface area contributed by atoms with Crippen LogP contribution in [0.5, 0.6) is 11.5 Å². The first-order chi connectivity index (χ1) is 17.6. The number of non-ortho nitro benzene ring substituents is 1. The van der Waals surface area contributed by atoms with Gasteiger partial charge in [-0.05, 0) is 110 Å². The summed E-state index contributed by atoms with van der Waals surface area (Å²) in [6, 6.07) is 14.9. The van der Waals surface area contributed by atoms with Gasteiger partial charge in [0.25, 0.3) is 11.6 Å². The Balaban J connectivity index is 1.58. The quantitative estimate of drug-likeness (QED) is 0.109. The zero-order chi connectivity index (χ0) is 26.7. The normalized spacial score (nSPS) is 15.6. The van der Waals surface area contributed by atoms with E-state index in [0.717, 1.165) is 39.6 Å². The fourth-order valence-electron chi connectivity index (χ4n) is 3.06. The number of hydrogen-bond acceptors (Lipinski definition) is 9. The molecule has 1 heterocycles. The fraction of sp³-hybridized carbons (Fsp3) is 0.0435. The topological polar surface area (TPSA) is 137 Å². The number of carbonyl (C=O) groups is 1. The molecule has 0 atom stereocenters. The molecule has 3 aromatic rings. The third-order valence-electron chi connectivity index (χ3n) is 4.79. The number of benzene rings is 3. The van der Waals surface area contributed by atoms with Crippen molar-refractivity contribution >= 4 is 88.9 Å². The van der Waals surface area contributed by atoms with Crippen LogP contribution >= 0.6 is 50.3 Å². The summed E-state index contributed by atoms with van der Waals surface area (Å²) in [6.45, 7) is 0. The first-order valence-corrected chi connectivity index (χ1v) is 14.3. The highest BCUT2D eigenvalue weighted by molar-refractivity contribution is 14.1. The van der Waals surface area contributed by atoms with Gasteiger partial charge in [-0.15, -0.1) is 0 Å². The molecule has 1 aliphatic rings. The number of halogens is 2. The van der Waals surface area contributed by atoms with Crippen molar-refractivity contribution in [3.05, 3.63) is 89.3 Å². The van der Waals surface area contributed by atoms with Crippen LogP contribution in [0.25, 0.3) is 6.08 Å². The Hall–Kier alpha value is -2.95. The highest BCUT2D eigenvalue weighted by Gasteiger charge is 2.26. The summed E-state index contributed by atoms with van der Waals surface area (Å²) < 4.78 is 37.5. The van der Waals surface area contributed by atoms with Crippen LogP contribution in [0, 0.1) is 13.7 Å². The molecule has 1 aliphatic heterocycles. The van der Waals surface area contributed by atoms with Crippen LogP contribution < -0.4 is 14.2 Å². The van der Waals surface area contributed by atoms with E-state index in [0.29, 0.717) is 21.3 Å². The maximum Gasteiger partial charge on any atom is 0.339 e. The Bertz CT molecular complexity index is 1560. The van der Waals surface area contributed by atoms with Crippen LogP contribution in [0.1, 0.15) is 5.56 Å². The van der Waals surface area contributed by atoms with Gasteiger partial charge in [-0.25, -0.2) is 4.99 Å². The van der Waals surface area contributed by atoms with Gasteiger partial charge in [-0.3, -0.25) is 14.9 Å². The Labute approximate surface area is 237 Å². The van der Waals surface area contributed by atoms with Crippen LogP contribution in [0.15, 0.2) is 79.9 Å². The Kier molecular flexibility index (Phi) is 8.20. The lowest BCUT2D eigenvalue weighted by atomic mass is 10.2. The minimum atomic E-state index is -4.33. The first kappa shape index (κ1) is 27.1. The maximum absolute atomic E-state index is 12.8. The number of ether oxygens (including phenoxy) is 1. The van der Waals surface area contributed by atoms with Gasteiger partial charge in [0, 0.05) is 15.7 Å². The number of nitro benzene ring substituents is 1. The van der Waals surface area contributed by atoms with E-state index >= 15 is 0 Å². The molecule has 0 spiro atoms. The summed E-state index contributed by atoms with van der Waals surface area (Å²) in [5, 5.41) is 14.0. The summed E-state index contributed by atoms with van der Waals surface area (Å²) in [6.07, 6.45) is 1.61. The summed E-state index contributed by atoms with van der Waals surface area (Å²) >= 11 is 6.66. The smallest absolute Gasteiger partial charge is 0.339 e. The lowest BCUT2D eigenvalue weighted by Crippen LogP contribution is -2.19. The van der Waals surface area contributed by atoms with Gasteiger partial charge in [0.2, 0.25) is 0 Å². The van der Waals surface area contributed by atoms with Crippen molar-refractivity contribution in [3.8, 4) is 11.5 Å². The van der Waals surface area contributed by atoms with Gasteiger partial charge in [0.05, 0.1) is 27.1 Å². The summed E-state index contributed by atoms with van der Waals surface area (Å²) in [5.41, 5.74) is 0.984. The van der Waals surface area contributed by atoms with Crippen molar-refractivity contribution in [2.75, 3.05) is 7.11 Å². The van der Waals surface area contributed by atoms with Crippen LogP contribution in [0.3, 0.4) is 0 Å². The number of thioether (sulfide) groups is 1. The Morgan fingerprint density at radius 1 is 1.14 bits per heavy atom. The number of amides is 1. The molecule has 1 fully saturated rings. The van der Waals surface area contributed by atoms with Crippen molar-refractivity contribution in [1.29, 1.82) is 0 Å². The van der Waals surface area contributed by atoms with E-state index in [-0.39, 0.29) is 32.5 Å². The number of nitro groups is 1. The molecule has 0 saturated carbocycles. The molecule has 10 nitrogen and oxygen atoms in total. The number of rotatable bonds is 7. The third kappa shape index (κ3) is 6.49. The molecular formula is C23H15BrIN3O7S2. The molecule has 0 unspecified atom stereocenters. The molecule has 0 radical (unpaired) electrons. The molecule has 1 amide bonds. The van der Waals surface area contributed by atoms with Crippen molar-refractivity contribution in [2.45, 2.75) is 4.90 Å². The Morgan fingerprint density at radius 2 is 1.81 bits per heavy atom. The number of aliphatic imine (C=N–C) groups is 1. The van der Waals surface area contributed by atoms with Crippen molar-refractivity contribution < 1.29 is 27.1 Å². The van der Waals surface area contributed by atoms with Gasteiger partial charge in [0.1, 0.15) is 4.90 Å². The molecule has 0 bridgehead atoms. The first-order valence-electron chi connectivity index (χ1n) is 10.2. The van der Waals surface area contributed by atoms with Gasteiger partial charge in [-0.2, -0.15) is 8.42 Å². The standard InChI is InChI=1S/C23H15BrIN3O7S2/c1-34-19-11-13(12-20-22(29)27-23(36-20)26-15-4-2-14(25)3-5-15)10-18(24)21(19)35-37(32,33)17-8-6-16(7-9-17)28(30)31/h2-12H,1H3,(H,26,27,29)/b20-12+. The van der Waals surface area contributed by atoms with Crippen molar-refractivity contribution in [3.63, 3.8) is 0 Å². The second-order valence-electron chi connectivity index (χ2n) is 7.28. The monoisotopic (exact) mass is 715 g/mol. The highest BCUT2D eigenvalue weighted by atomic mass is 127. The molecule has 0 aliphatic carbocycles. The highest BCUT2D eigenvalue weighted by Crippen LogP contribution is 2.40. The van der Waals surface area contributed by atoms with Crippen LogP contribution in [0.2, 0.25) is 0 Å². The number of nitrogens with zero attached hydrogens (tertiary/aromatic N) is 2. The van der Waals surface area contributed by atoms with E-state index in [2.05, 4.69) is 48.8 Å². The molecule has 4 rings (SSSR count). The van der Waals surface area contributed by atoms with Crippen LogP contribution in [-0.4, -0.2) is 31.5 Å². The predicted octanol–water partition coefficient (Wildman–Crippen LogP) is 5.63. The average Bonchev–Trinajstić information content (AvgIpc) is 3.20. The van der Waals surface area contributed by atoms with E-state index in [9.17, 15) is 23.3 Å². The van der Waals surface area contributed by atoms with E-state index in [1.807, 2.05) is 24.3 Å². The van der Waals surface area contributed by atoms with E-state index in [1.54, 1.807) is 12.1 Å². The fourth-order valence-corrected chi connectivity index (χ4v) is 5.87. The molecule has 0 aromatic heterocycles. The second kappa shape index (κ2) is 11.2.